The molecule has 0 amide bonds. The summed E-state index contributed by atoms with van der Waals surface area (Å²) in [6.45, 7) is 0.821. The van der Waals surface area contributed by atoms with Gasteiger partial charge in [0.1, 0.15) is 11.9 Å². The number of pyridine rings is 1. The topological polar surface area (TPSA) is 110 Å². The minimum Gasteiger partial charge on any atom is -0.382 e. The molecule has 0 aromatic carbocycles. The molecule has 0 saturated carbocycles. The molecule has 1 atom stereocenters. The molecule has 0 bridgehead atoms. The Bertz CT molecular complexity index is 486. The largest absolute Gasteiger partial charge is 0.382 e. The molecular weight excluding hydrogens is 252 g/mol. The lowest BCUT2D eigenvalue weighted by molar-refractivity contribution is -0.385. The maximum Gasteiger partial charge on any atom is 0.305 e. The van der Waals surface area contributed by atoms with E-state index in [1.165, 1.54) is 12.1 Å². The van der Waals surface area contributed by atoms with Crippen LogP contribution in [-0.2, 0) is 9.47 Å². The number of nitrogens with zero attached hydrogens (tertiary/aromatic N) is 3. The number of methoxy groups -OCH3 is 2. The summed E-state index contributed by atoms with van der Waals surface area (Å²) in [6, 6.07) is 4.38. The van der Waals surface area contributed by atoms with Gasteiger partial charge in [0.2, 0.25) is 5.69 Å². The van der Waals surface area contributed by atoms with Crippen molar-refractivity contribution in [2.45, 2.75) is 6.10 Å². The Morgan fingerprint density at radius 2 is 2.32 bits per heavy atom. The SMILES string of the molecule is COCC(CNc1ccc([N+](=O)[O-])c(C#N)n1)OC. The van der Waals surface area contributed by atoms with Crippen LogP contribution in [0.15, 0.2) is 12.1 Å². The fourth-order valence-corrected chi connectivity index (χ4v) is 1.39. The van der Waals surface area contributed by atoms with E-state index in [2.05, 4.69) is 10.3 Å². The molecule has 0 saturated heterocycles. The third-order valence-electron chi connectivity index (χ3n) is 2.37. The van der Waals surface area contributed by atoms with Crippen molar-refractivity contribution in [2.24, 2.45) is 0 Å². The van der Waals surface area contributed by atoms with E-state index < -0.39 is 4.92 Å². The second-order valence-corrected chi connectivity index (χ2v) is 3.63. The monoisotopic (exact) mass is 266 g/mol. The van der Waals surface area contributed by atoms with Gasteiger partial charge in [-0.3, -0.25) is 10.1 Å². The molecule has 8 nitrogen and oxygen atoms in total. The van der Waals surface area contributed by atoms with Crippen molar-refractivity contribution in [3.05, 3.63) is 27.9 Å². The van der Waals surface area contributed by atoms with Crippen LogP contribution in [0.5, 0.6) is 0 Å². The van der Waals surface area contributed by atoms with Crippen LogP contribution in [0, 0.1) is 21.4 Å². The molecule has 8 heteroatoms. The third-order valence-corrected chi connectivity index (χ3v) is 2.37. The summed E-state index contributed by atoms with van der Waals surface area (Å²) < 4.78 is 10.1. The van der Waals surface area contributed by atoms with Gasteiger partial charge in [0, 0.05) is 26.8 Å². The second kappa shape index (κ2) is 7.25. The van der Waals surface area contributed by atoms with Crippen LogP contribution >= 0.6 is 0 Å². The normalized spacial score (nSPS) is 11.6. The number of hydrogen-bond donors (Lipinski definition) is 1. The highest BCUT2D eigenvalue weighted by molar-refractivity contribution is 5.50. The summed E-state index contributed by atoms with van der Waals surface area (Å²) in [5, 5.41) is 22.4. The highest BCUT2D eigenvalue weighted by atomic mass is 16.6. The first-order valence-electron chi connectivity index (χ1n) is 5.43. The Morgan fingerprint density at radius 1 is 1.58 bits per heavy atom. The van der Waals surface area contributed by atoms with E-state index in [1.54, 1.807) is 20.3 Å². The van der Waals surface area contributed by atoms with Crippen LogP contribution in [0.2, 0.25) is 0 Å². The molecule has 1 N–H and O–H groups in total. The van der Waals surface area contributed by atoms with E-state index in [0.717, 1.165) is 0 Å². The van der Waals surface area contributed by atoms with Crippen LogP contribution in [0.3, 0.4) is 0 Å². The summed E-state index contributed by atoms with van der Waals surface area (Å²) in [5.74, 6) is 0.375. The van der Waals surface area contributed by atoms with Crippen molar-refractivity contribution < 1.29 is 14.4 Å². The van der Waals surface area contributed by atoms with E-state index in [4.69, 9.17) is 14.7 Å². The van der Waals surface area contributed by atoms with Crippen LogP contribution in [0.4, 0.5) is 11.5 Å². The number of aromatic nitrogens is 1. The van der Waals surface area contributed by atoms with Gasteiger partial charge in [-0.1, -0.05) is 0 Å². The zero-order valence-electron chi connectivity index (χ0n) is 10.6. The van der Waals surface area contributed by atoms with Crippen molar-refractivity contribution in [3.8, 4) is 6.07 Å². The average molecular weight is 266 g/mol. The second-order valence-electron chi connectivity index (χ2n) is 3.63. The van der Waals surface area contributed by atoms with E-state index in [-0.39, 0.29) is 17.5 Å². The first-order valence-corrected chi connectivity index (χ1v) is 5.43. The molecule has 1 aromatic heterocycles. The number of nitro groups is 1. The number of nitriles is 1. The van der Waals surface area contributed by atoms with Crippen molar-refractivity contribution in [2.75, 3.05) is 32.7 Å². The van der Waals surface area contributed by atoms with Crippen molar-refractivity contribution >= 4 is 11.5 Å². The Labute approximate surface area is 110 Å². The number of anilines is 1. The average Bonchev–Trinajstić information content (AvgIpc) is 2.42. The molecular formula is C11H14N4O4. The predicted octanol–water partition coefficient (Wildman–Crippen LogP) is 0.935. The Hall–Kier alpha value is -2.24. The molecule has 19 heavy (non-hydrogen) atoms. The lowest BCUT2D eigenvalue weighted by Crippen LogP contribution is -2.26. The summed E-state index contributed by atoms with van der Waals surface area (Å²) >= 11 is 0. The van der Waals surface area contributed by atoms with E-state index in [9.17, 15) is 10.1 Å². The molecule has 1 aromatic rings. The van der Waals surface area contributed by atoms with Gasteiger partial charge in [0.25, 0.3) is 0 Å². The third kappa shape index (κ3) is 4.17. The number of nitrogens with one attached hydrogen (secondary N) is 1. The highest BCUT2D eigenvalue weighted by Gasteiger charge is 2.16. The Balaban J connectivity index is 2.75. The number of rotatable bonds is 7. The van der Waals surface area contributed by atoms with Gasteiger partial charge in [-0.2, -0.15) is 5.26 Å². The predicted molar refractivity (Wildman–Crippen MR) is 66.8 cm³/mol. The van der Waals surface area contributed by atoms with Crippen LogP contribution in [-0.4, -0.2) is 43.4 Å². The molecule has 1 rings (SSSR count). The molecule has 0 spiro atoms. The van der Waals surface area contributed by atoms with Gasteiger partial charge in [0.15, 0.2) is 0 Å². The van der Waals surface area contributed by atoms with E-state index in [0.29, 0.717) is 19.0 Å². The molecule has 1 heterocycles. The molecule has 0 aliphatic rings. The first-order chi connectivity index (χ1) is 9.12. The minimum absolute atomic E-state index is 0.174. The Kier molecular flexibility index (Phi) is 5.66. The van der Waals surface area contributed by atoms with Crippen molar-refractivity contribution in [1.82, 2.24) is 4.98 Å². The molecule has 0 radical (unpaired) electrons. The minimum atomic E-state index is -0.641. The van der Waals surface area contributed by atoms with Crippen LogP contribution < -0.4 is 5.32 Å². The van der Waals surface area contributed by atoms with Crippen molar-refractivity contribution in [3.63, 3.8) is 0 Å². The maximum absolute atomic E-state index is 10.6. The molecule has 0 aliphatic carbocycles. The van der Waals surface area contributed by atoms with Gasteiger partial charge in [-0.15, -0.1) is 0 Å². The highest BCUT2D eigenvalue weighted by Crippen LogP contribution is 2.18. The zero-order chi connectivity index (χ0) is 14.3. The standard InChI is InChI=1S/C11H14N4O4/c1-18-7-8(19-2)6-13-11-4-3-10(15(16)17)9(5-12)14-11/h3-4,8H,6-7H2,1-2H3,(H,13,14). The lowest BCUT2D eigenvalue weighted by atomic mass is 10.3. The van der Waals surface area contributed by atoms with Gasteiger partial charge >= 0.3 is 5.69 Å². The first kappa shape index (κ1) is 14.8. The quantitative estimate of drug-likeness (QED) is 0.577. The van der Waals surface area contributed by atoms with Gasteiger partial charge in [0.05, 0.1) is 17.6 Å². The summed E-state index contributed by atoms with van der Waals surface area (Å²) in [6.07, 6.45) is -0.174. The molecule has 1 unspecified atom stereocenters. The van der Waals surface area contributed by atoms with Crippen molar-refractivity contribution in [1.29, 1.82) is 5.26 Å². The molecule has 0 fully saturated rings. The van der Waals surface area contributed by atoms with Gasteiger partial charge in [-0.05, 0) is 6.07 Å². The summed E-state index contributed by atoms with van der Waals surface area (Å²) in [4.78, 5) is 13.9. The Morgan fingerprint density at radius 3 is 2.84 bits per heavy atom. The van der Waals surface area contributed by atoms with E-state index >= 15 is 0 Å². The number of ether oxygens (including phenoxy) is 2. The fraction of sp³-hybridized carbons (Fsp3) is 0.455. The van der Waals surface area contributed by atoms with Crippen LogP contribution in [0.25, 0.3) is 0 Å². The smallest absolute Gasteiger partial charge is 0.305 e. The summed E-state index contributed by atoms with van der Waals surface area (Å²) in [7, 11) is 3.11. The maximum atomic E-state index is 10.6. The van der Waals surface area contributed by atoms with Crippen LogP contribution in [0.1, 0.15) is 5.69 Å². The lowest BCUT2D eigenvalue weighted by Gasteiger charge is -2.15. The van der Waals surface area contributed by atoms with E-state index in [1.807, 2.05) is 0 Å². The van der Waals surface area contributed by atoms with Gasteiger partial charge in [-0.25, -0.2) is 4.98 Å². The molecule has 0 aliphatic heterocycles. The van der Waals surface area contributed by atoms with Gasteiger partial charge < -0.3 is 14.8 Å². The number of hydrogen-bond acceptors (Lipinski definition) is 7. The molecule has 102 valence electrons. The fourth-order valence-electron chi connectivity index (χ4n) is 1.39. The zero-order valence-corrected chi connectivity index (χ0v) is 10.6. The summed E-state index contributed by atoms with van der Waals surface area (Å²) in [5.41, 5.74) is -0.538.